The number of benzene rings is 4. The molecule has 0 atom stereocenters. The summed E-state index contributed by atoms with van der Waals surface area (Å²) in [5.41, 5.74) is 8.24. The van der Waals surface area contributed by atoms with Gasteiger partial charge in [-0.05, 0) is 109 Å². The first-order valence-corrected chi connectivity index (χ1v) is 14.3. The molecule has 0 aliphatic rings. The second kappa shape index (κ2) is 13.0. The lowest BCUT2D eigenvalue weighted by atomic mass is 9.84. The van der Waals surface area contributed by atoms with Crippen molar-refractivity contribution in [3.05, 3.63) is 117 Å². The Labute approximate surface area is 238 Å². The van der Waals surface area contributed by atoms with E-state index >= 15 is 0 Å². The van der Waals surface area contributed by atoms with Crippen LogP contribution in [0.15, 0.2) is 72.8 Å². The monoisotopic (exact) mass is 538 g/mol. The first-order valence-electron chi connectivity index (χ1n) is 14.3. The van der Waals surface area contributed by atoms with Crippen LogP contribution >= 0.6 is 0 Å². The zero-order valence-electron chi connectivity index (χ0n) is 24.1. The van der Waals surface area contributed by atoms with E-state index in [1.165, 1.54) is 22.3 Å². The van der Waals surface area contributed by atoms with Crippen LogP contribution < -0.4 is 0 Å². The molecule has 4 nitrogen and oxygen atoms in total. The van der Waals surface area contributed by atoms with E-state index in [1.54, 1.807) is 24.3 Å². The fourth-order valence-corrected chi connectivity index (χ4v) is 5.68. The molecular formula is C36H42O4. The molecule has 4 rings (SSSR count). The molecule has 0 radical (unpaired) electrons. The van der Waals surface area contributed by atoms with E-state index in [1.807, 2.05) is 52.0 Å². The first kappa shape index (κ1) is 29.1. The fraction of sp³-hybridized carbons (Fsp3) is 0.333. The van der Waals surface area contributed by atoms with Gasteiger partial charge in [0.1, 0.15) is 23.0 Å². The summed E-state index contributed by atoms with van der Waals surface area (Å²) in [5.74, 6) is 1.65. The summed E-state index contributed by atoms with van der Waals surface area (Å²) in [6.07, 6.45) is 6.36. The predicted molar refractivity (Wildman–Crippen MR) is 163 cm³/mol. The van der Waals surface area contributed by atoms with Gasteiger partial charge in [0, 0.05) is 11.8 Å². The Morgan fingerprint density at radius 1 is 0.400 bits per heavy atom. The topological polar surface area (TPSA) is 80.9 Å². The number of phenolic OH excluding ortho intramolecular Hbond substituents is 4. The highest BCUT2D eigenvalue weighted by Crippen LogP contribution is 2.36. The van der Waals surface area contributed by atoms with E-state index in [0.29, 0.717) is 23.0 Å². The van der Waals surface area contributed by atoms with Gasteiger partial charge in [-0.25, -0.2) is 0 Å². The number of aromatic hydroxyl groups is 4. The normalized spacial score (nSPS) is 11.4. The maximum Gasteiger partial charge on any atom is 0.118 e. The fourth-order valence-electron chi connectivity index (χ4n) is 5.68. The summed E-state index contributed by atoms with van der Waals surface area (Å²) in [5, 5.41) is 40.2. The van der Waals surface area contributed by atoms with Crippen molar-refractivity contribution in [1.82, 2.24) is 0 Å². The summed E-state index contributed by atoms with van der Waals surface area (Å²) >= 11 is 0. The van der Waals surface area contributed by atoms with Crippen molar-refractivity contribution < 1.29 is 20.4 Å². The highest BCUT2D eigenvalue weighted by atomic mass is 16.3. The van der Waals surface area contributed by atoms with Gasteiger partial charge in [0.15, 0.2) is 0 Å². The second-order valence-corrected chi connectivity index (χ2v) is 11.3. The van der Waals surface area contributed by atoms with E-state index < -0.39 is 0 Å². The molecule has 0 aromatic heterocycles. The summed E-state index contributed by atoms with van der Waals surface area (Å²) < 4.78 is 0. The number of phenols is 4. The van der Waals surface area contributed by atoms with E-state index in [0.717, 1.165) is 60.8 Å². The Morgan fingerprint density at radius 3 is 0.875 bits per heavy atom. The van der Waals surface area contributed by atoms with Gasteiger partial charge in [0.05, 0.1) is 0 Å². The van der Waals surface area contributed by atoms with Crippen LogP contribution in [-0.2, 0) is 0 Å². The zero-order valence-corrected chi connectivity index (χ0v) is 24.1. The van der Waals surface area contributed by atoms with E-state index in [4.69, 9.17) is 0 Å². The summed E-state index contributed by atoms with van der Waals surface area (Å²) in [6, 6.07) is 23.5. The van der Waals surface area contributed by atoms with Crippen molar-refractivity contribution in [1.29, 1.82) is 0 Å². The maximum atomic E-state index is 10.1. The standard InChI is InChI=1S/C36H42O4/c1-23-19-27(11-15-33(23)37)31(28-12-16-34(38)24(2)20-28)9-7-5-6-8-10-32(29-13-17-35(39)25(3)21-29)30-14-18-36(40)26(4)22-30/h11-22,31-32,37-40H,5-10H2,1-4H3. The Bertz CT molecular complexity index is 1240. The van der Waals surface area contributed by atoms with Gasteiger partial charge in [-0.2, -0.15) is 0 Å². The molecule has 0 aliphatic carbocycles. The average Bonchev–Trinajstić information content (AvgIpc) is 2.93. The van der Waals surface area contributed by atoms with Crippen LogP contribution in [-0.4, -0.2) is 20.4 Å². The SMILES string of the molecule is Cc1cc(C(CCCCCCC(c2ccc(O)c(C)c2)c2ccc(O)c(C)c2)c2ccc(O)c(C)c2)ccc1O. The molecule has 4 heteroatoms. The van der Waals surface area contributed by atoms with Crippen molar-refractivity contribution in [2.24, 2.45) is 0 Å². The minimum absolute atomic E-state index is 0.200. The van der Waals surface area contributed by atoms with Gasteiger partial charge in [-0.15, -0.1) is 0 Å². The lowest BCUT2D eigenvalue weighted by molar-refractivity contribution is 0.469. The van der Waals surface area contributed by atoms with Gasteiger partial charge in [0.2, 0.25) is 0 Å². The molecule has 0 bridgehead atoms. The van der Waals surface area contributed by atoms with Crippen LogP contribution in [0.1, 0.15) is 94.9 Å². The first-order chi connectivity index (χ1) is 19.1. The molecule has 4 N–H and O–H groups in total. The van der Waals surface area contributed by atoms with Crippen molar-refractivity contribution in [3.8, 4) is 23.0 Å². The summed E-state index contributed by atoms with van der Waals surface area (Å²) in [6.45, 7) is 7.72. The molecule has 0 aliphatic heterocycles. The number of hydrogen-bond acceptors (Lipinski definition) is 4. The summed E-state index contributed by atoms with van der Waals surface area (Å²) in [7, 11) is 0. The van der Waals surface area contributed by atoms with Crippen molar-refractivity contribution in [3.63, 3.8) is 0 Å². The Morgan fingerprint density at radius 2 is 0.650 bits per heavy atom. The van der Waals surface area contributed by atoms with Gasteiger partial charge < -0.3 is 20.4 Å². The van der Waals surface area contributed by atoms with Gasteiger partial charge in [0.25, 0.3) is 0 Å². The van der Waals surface area contributed by atoms with Crippen LogP contribution in [0.4, 0.5) is 0 Å². The third kappa shape index (κ3) is 6.98. The molecular weight excluding hydrogens is 496 g/mol. The molecule has 0 amide bonds. The smallest absolute Gasteiger partial charge is 0.118 e. The second-order valence-electron chi connectivity index (χ2n) is 11.3. The summed E-state index contributed by atoms with van der Waals surface area (Å²) in [4.78, 5) is 0. The van der Waals surface area contributed by atoms with Crippen LogP contribution in [0.5, 0.6) is 23.0 Å². The van der Waals surface area contributed by atoms with Crippen LogP contribution in [0, 0.1) is 27.7 Å². The quantitative estimate of drug-likeness (QED) is 0.144. The molecule has 4 aromatic rings. The Kier molecular flexibility index (Phi) is 9.42. The van der Waals surface area contributed by atoms with Gasteiger partial charge >= 0.3 is 0 Å². The highest BCUT2D eigenvalue weighted by Gasteiger charge is 2.18. The molecule has 210 valence electrons. The molecule has 0 saturated heterocycles. The maximum absolute atomic E-state index is 10.1. The van der Waals surface area contributed by atoms with Gasteiger partial charge in [-0.1, -0.05) is 74.2 Å². The number of unbranched alkanes of at least 4 members (excludes halogenated alkanes) is 3. The van der Waals surface area contributed by atoms with Crippen molar-refractivity contribution in [2.75, 3.05) is 0 Å². The van der Waals surface area contributed by atoms with E-state index in [2.05, 4.69) is 24.3 Å². The molecule has 0 heterocycles. The molecule has 0 spiro atoms. The third-order valence-electron chi connectivity index (χ3n) is 8.23. The lowest BCUT2D eigenvalue weighted by Crippen LogP contribution is -2.04. The number of rotatable bonds is 11. The molecule has 4 aromatic carbocycles. The van der Waals surface area contributed by atoms with Crippen molar-refractivity contribution >= 4 is 0 Å². The molecule has 0 unspecified atom stereocenters. The van der Waals surface area contributed by atoms with Crippen molar-refractivity contribution in [2.45, 2.75) is 78.1 Å². The molecule has 0 saturated carbocycles. The number of aryl methyl sites for hydroxylation is 4. The lowest BCUT2D eigenvalue weighted by Gasteiger charge is -2.21. The zero-order chi connectivity index (χ0) is 28.8. The number of hydrogen-bond donors (Lipinski definition) is 4. The molecule has 0 fully saturated rings. The van der Waals surface area contributed by atoms with E-state index in [9.17, 15) is 20.4 Å². The largest absolute Gasteiger partial charge is 0.508 e. The van der Waals surface area contributed by atoms with Gasteiger partial charge in [-0.3, -0.25) is 0 Å². The predicted octanol–water partition coefficient (Wildman–Crippen LogP) is 9.05. The minimum Gasteiger partial charge on any atom is -0.508 e. The van der Waals surface area contributed by atoms with Crippen LogP contribution in [0.25, 0.3) is 0 Å². The highest BCUT2D eigenvalue weighted by molar-refractivity contribution is 5.45. The Hall–Kier alpha value is -3.92. The average molecular weight is 539 g/mol. The Balaban J connectivity index is 1.42. The molecule has 40 heavy (non-hydrogen) atoms. The van der Waals surface area contributed by atoms with Crippen LogP contribution in [0.2, 0.25) is 0 Å². The van der Waals surface area contributed by atoms with Crippen LogP contribution in [0.3, 0.4) is 0 Å². The third-order valence-corrected chi connectivity index (χ3v) is 8.23. The van der Waals surface area contributed by atoms with E-state index in [-0.39, 0.29) is 11.8 Å². The minimum atomic E-state index is 0.200.